The van der Waals surface area contributed by atoms with Crippen molar-refractivity contribution in [3.8, 4) is 0 Å². The zero-order valence-corrected chi connectivity index (χ0v) is 20.4. The van der Waals surface area contributed by atoms with Gasteiger partial charge >= 0.3 is 0 Å². The molecule has 0 saturated carbocycles. The van der Waals surface area contributed by atoms with Crippen LogP contribution in [0.2, 0.25) is 0 Å². The molecule has 2 aromatic carbocycles. The molecule has 1 unspecified atom stereocenters. The van der Waals surface area contributed by atoms with Gasteiger partial charge in [-0.2, -0.15) is 0 Å². The minimum atomic E-state index is -0.0689. The summed E-state index contributed by atoms with van der Waals surface area (Å²) in [4.78, 5) is 33.2. The summed E-state index contributed by atoms with van der Waals surface area (Å²) in [5.74, 6) is 0.246. The highest BCUT2D eigenvalue weighted by molar-refractivity contribution is 6.05. The number of likely N-dealkylation sites (tertiary alicyclic amines) is 1. The fraction of sp³-hybridized carbons (Fsp3) is 0.367. The van der Waals surface area contributed by atoms with Crippen LogP contribution in [-0.4, -0.2) is 34.7 Å². The molecule has 1 saturated heterocycles. The summed E-state index contributed by atoms with van der Waals surface area (Å²) in [6.45, 7) is 3.86. The van der Waals surface area contributed by atoms with E-state index >= 15 is 0 Å². The van der Waals surface area contributed by atoms with Crippen LogP contribution < -0.4 is 5.32 Å². The summed E-state index contributed by atoms with van der Waals surface area (Å²) in [7, 11) is 0. The number of benzene rings is 2. The first-order valence-corrected chi connectivity index (χ1v) is 12.8. The van der Waals surface area contributed by atoms with Crippen LogP contribution in [0.3, 0.4) is 0 Å². The average molecular weight is 468 g/mol. The molecule has 180 valence electrons. The normalized spacial score (nSPS) is 17.4. The van der Waals surface area contributed by atoms with Crippen LogP contribution in [-0.2, 0) is 12.8 Å². The Kier molecular flexibility index (Phi) is 7.05. The Labute approximate surface area is 207 Å². The fourth-order valence-electron chi connectivity index (χ4n) is 5.58. The molecule has 1 N–H and O–H groups in total. The lowest BCUT2D eigenvalue weighted by Gasteiger charge is -2.36. The van der Waals surface area contributed by atoms with E-state index in [1.165, 1.54) is 5.56 Å². The van der Waals surface area contributed by atoms with Gasteiger partial charge in [-0.05, 0) is 81.8 Å². The minimum Gasteiger partial charge on any atom is -0.322 e. The first-order chi connectivity index (χ1) is 17.1. The Morgan fingerprint density at radius 3 is 2.46 bits per heavy atom. The molecule has 5 heteroatoms. The molecular weight excluding hydrogens is 434 g/mol. The molecule has 35 heavy (non-hydrogen) atoms. The van der Waals surface area contributed by atoms with Gasteiger partial charge in [0.2, 0.25) is 0 Å². The topological polar surface area (TPSA) is 62.3 Å². The van der Waals surface area contributed by atoms with Gasteiger partial charge in [0.15, 0.2) is 5.78 Å². The molecule has 1 aliphatic carbocycles. The number of nitrogens with one attached hydrogen (secondary N) is 1. The smallest absolute Gasteiger partial charge is 0.256 e. The zero-order valence-electron chi connectivity index (χ0n) is 20.4. The maximum Gasteiger partial charge on any atom is 0.256 e. The molecule has 1 amide bonds. The minimum absolute atomic E-state index is 0.0669. The highest BCUT2D eigenvalue weighted by Gasteiger charge is 2.29. The number of amides is 1. The van der Waals surface area contributed by atoms with Gasteiger partial charge in [0.25, 0.3) is 5.91 Å². The number of rotatable bonds is 6. The van der Waals surface area contributed by atoms with E-state index in [0.29, 0.717) is 5.56 Å². The number of Topliss-reactive ketones (excluding diaryl/α,β-unsaturated/α-hetero) is 1. The number of anilines is 1. The van der Waals surface area contributed by atoms with E-state index in [0.717, 1.165) is 74.1 Å². The summed E-state index contributed by atoms with van der Waals surface area (Å²) in [6.07, 6.45) is 7.73. The average Bonchev–Trinajstić information content (AvgIpc) is 2.93. The van der Waals surface area contributed by atoms with E-state index in [-0.39, 0.29) is 23.7 Å². The monoisotopic (exact) mass is 467 g/mol. The highest BCUT2D eigenvalue weighted by atomic mass is 16.1. The second-order valence-electron chi connectivity index (χ2n) is 9.75. The van der Waals surface area contributed by atoms with Crippen molar-refractivity contribution in [1.29, 1.82) is 0 Å². The molecule has 1 fully saturated rings. The first kappa shape index (κ1) is 23.4. The summed E-state index contributed by atoms with van der Waals surface area (Å²) < 4.78 is 0. The first-order valence-electron chi connectivity index (χ1n) is 12.8. The highest BCUT2D eigenvalue weighted by Crippen LogP contribution is 2.31. The van der Waals surface area contributed by atoms with Gasteiger partial charge in [-0.3, -0.25) is 19.5 Å². The van der Waals surface area contributed by atoms with E-state index < -0.39 is 0 Å². The Balaban J connectivity index is 1.28. The zero-order chi connectivity index (χ0) is 24.2. The van der Waals surface area contributed by atoms with Crippen LogP contribution in [0, 0.1) is 5.92 Å². The van der Waals surface area contributed by atoms with Crippen LogP contribution in [0.5, 0.6) is 0 Å². The lowest BCUT2D eigenvalue weighted by Crippen LogP contribution is -2.38. The quantitative estimate of drug-likeness (QED) is 0.461. The maximum absolute atomic E-state index is 13.4. The lowest BCUT2D eigenvalue weighted by molar-refractivity contribution is 0.0801. The number of ketones is 1. The summed E-state index contributed by atoms with van der Waals surface area (Å²) in [5.41, 5.74) is 5.73. The Bertz CT molecular complexity index is 1200. The number of carbonyl (C=O) groups excluding carboxylic acids is 2. The van der Waals surface area contributed by atoms with Gasteiger partial charge in [0.1, 0.15) is 0 Å². The molecule has 3 aromatic rings. The largest absolute Gasteiger partial charge is 0.322 e. The number of aromatic nitrogens is 1. The van der Waals surface area contributed by atoms with Crippen LogP contribution >= 0.6 is 0 Å². The molecular formula is C30H33N3O2. The molecule has 2 heterocycles. The van der Waals surface area contributed by atoms with Gasteiger partial charge in [-0.1, -0.05) is 48.5 Å². The SMILES string of the molecule is CC(c1ccccc1C(=O)Nc1ccnc2c1CCCC2)N1CCC(C(=O)c2ccccc2)CC1. The molecule has 1 atom stereocenters. The Hall–Kier alpha value is -3.31. The van der Waals surface area contributed by atoms with Gasteiger partial charge in [-0.15, -0.1) is 0 Å². The number of hydrogen-bond acceptors (Lipinski definition) is 4. The van der Waals surface area contributed by atoms with Crippen molar-refractivity contribution >= 4 is 17.4 Å². The van der Waals surface area contributed by atoms with E-state index in [1.807, 2.05) is 54.6 Å². The number of aryl methyl sites for hydroxylation is 1. The third-order valence-corrected chi connectivity index (χ3v) is 7.65. The number of hydrogen-bond donors (Lipinski definition) is 1. The summed E-state index contributed by atoms with van der Waals surface area (Å²) >= 11 is 0. The summed E-state index contributed by atoms with van der Waals surface area (Å²) in [6, 6.07) is 19.5. The van der Waals surface area contributed by atoms with Crippen molar-refractivity contribution in [2.24, 2.45) is 5.92 Å². The molecule has 0 spiro atoms. The van der Waals surface area contributed by atoms with Gasteiger partial charge < -0.3 is 5.32 Å². The number of nitrogens with zero attached hydrogens (tertiary/aromatic N) is 2. The molecule has 5 rings (SSSR count). The second kappa shape index (κ2) is 10.5. The van der Waals surface area contributed by atoms with Crippen LogP contribution in [0.4, 0.5) is 5.69 Å². The third-order valence-electron chi connectivity index (χ3n) is 7.65. The molecule has 1 aromatic heterocycles. The van der Waals surface area contributed by atoms with Gasteiger partial charge in [0, 0.05) is 40.7 Å². The molecule has 1 aliphatic heterocycles. The molecule has 2 aliphatic rings. The second-order valence-corrected chi connectivity index (χ2v) is 9.75. The molecule has 5 nitrogen and oxygen atoms in total. The third kappa shape index (κ3) is 5.06. The van der Waals surface area contributed by atoms with Crippen LogP contribution in [0.1, 0.15) is 76.2 Å². The van der Waals surface area contributed by atoms with Gasteiger partial charge in [0.05, 0.1) is 0 Å². The number of pyridine rings is 1. The lowest BCUT2D eigenvalue weighted by atomic mass is 9.87. The van der Waals surface area contributed by atoms with Crippen molar-refractivity contribution in [2.75, 3.05) is 18.4 Å². The maximum atomic E-state index is 13.4. The predicted octanol–water partition coefficient (Wildman–Crippen LogP) is 5.87. The van der Waals surface area contributed by atoms with E-state index in [4.69, 9.17) is 0 Å². The molecule has 0 bridgehead atoms. The van der Waals surface area contributed by atoms with Crippen molar-refractivity contribution < 1.29 is 9.59 Å². The summed E-state index contributed by atoms with van der Waals surface area (Å²) in [5, 5.41) is 3.18. The predicted molar refractivity (Wildman–Crippen MR) is 139 cm³/mol. The van der Waals surface area contributed by atoms with Gasteiger partial charge in [-0.25, -0.2) is 0 Å². The Morgan fingerprint density at radius 1 is 0.943 bits per heavy atom. The van der Waals surface area contributed by atoms with E-state index in [9.17, 15) is 9.59 Å². The van der Waals surface area contributed by atoms with E-state index in [2.05, 4.69) is 28.2 Å². The molecule has 0 radical (unpaired) electrons. The van der Waals surface area contributed by atoms with E-state index in [1.54, 1.807) is 6.20 Å². The van der Waals surface area contributed by atoms with Crippen molar-refractivity contribution in [1.82, 2.24) is 9.88 Å². The van der Waals surface area contributed by atoms with Crippen LogP contribution in [0.15, 0.2) is 66.9 Å². The van der Waals surface area contributed by atoms with Crippen molar-refractivity contribution in [2.45, 2.75) is 51.5 Å². The number of fused-ring (bicyclic) bond motifs is 1. The van der Waals surface area contributed by atoms with Crippen molar-refractivity contribution in [3.63, 3.8) is 0 Å². The van der Waals surface area contributed by atoms with Crippen molar-refractivity contribution in [3.05, 3.63) is 94.8 Å². The fourth-order valence-corrected chi connectivity index (χ4v) is 5.58. The number of piperidine rings is 1. The number of carbonyl (C=O) groups is 2. The standard InChI is InChI=1S/C30H33N3O2/c1-21(33-19-16-23(17-20-33)29(34)22-9-3-2-4-10-22)24-11-5-6-12-25(24)30(35)32-28-15-18-31-27-14-8-7-13-26(27)28/h2-6,9-12,15,18,21,23H,7-8,13-14,16-17,19-20H2,1H3,(H,31,32,35). The van der Waals surface area contributed by atoms with Crippen LogP contribution in [0.25, 0.3) is 0 Å². The Morgan fingerprint density at radius 2 is 1.66 bits per heavy atom.